The second-order valence-corrected chi connectivity index (χ2v) is 6.03. The molecule has 0 atom stereocenters. The molecule has 0 unspecified atom stereocenters. The van der Waals surface area contributed by atoms with Crippen LogP contribution < -0.4 is 9.47 Å². The number of benzene rings is 1. The molecular weight excluding hydrogens is 408 g/mol. The third-order valence-corrected chi connectivity index (χ3v) is 3.94. The van der Waals surface area contributed by atoms with Crippen molar-refractivity contribution in [2.45, 2.75) is 27.1 Å². The molecule has 0 saturated carbocycles. The number of rotatable bonds is 7. The van der Waals surface area contributed by atoms with Gasteiger partial charge in [0.2, 0.25) is 0 Å². The monoisotopic (exact) mass is 423 g/mol. The first-order valence-corrected chi connectivity index (χ1v) is 8.38. The maximum absolute atomic E-state index is 12.5. The van der Waals surface area contributed by atoms with Gasteiger partial charge in [-0.2, -0.15) is 13.8 Å². The molecule has 13 heteroatoms. The van der Waals surface area contributed by atoms with E-state index in [-0.39, 0.29) is 22.9 Å². The zero-order chi connectivity index (χ0) is 22.0. The van der Waals surface area contributed by atoms with Crippen molar-refractivity contribution in [3.05, 3.63) is 51.1 Å². The molecule has 0 saturated heterocycles. The minimum absolute atomic E-state index is 0.0965. The van der Waals surface area contributed by atoms with Crippen LogP contribution in [0.5, 0.6) is 11.5 Å². The molecule has 0 aliphatic carbocycles. The van der Waals surface area contributed by atoms with Crippen molar-refractivity contribution >= 4 is 17.4 Å². The first kappa shape index (κ1) is 20.8. The van der Waals surface area contributed by atoms with Gasteiger partial charge in [0, 0.05) is 11.4 Å². The summed E-state index contributed by atoms with van der Waals surface area (Å²) >= 11 is 0. The van der Waals surface area contributed by atoms with Gasteiger partial charge in [-0.05, 0) is 26.0 Å². The molecule has 0 N–H and O–H groups in total. The fourth-order valence-electron chi connectivity index (χ4n) is 2.69. The maximum Gasteiger partial charge on any atom is 0.387 e. The number of carbonyl (C=O) groups is 1. The highest BCUT2D eigenvalue weighted by Gasteiger charge is 2.24. The van der Waals surface area contributed by atoms with E-state index in [0.717, 1.165) is 12.1 Å². The fourth-order valence-corrected chi connectivity index (χ4v) is 2.69. The number of nitro benzene ring substituents is 1. The van der Waals surface area contributed by atoms with Crippen LogP contribution in [0.25, 0.3) is 5.78 Å². The number of ether oxygens (including phenoxy) is 3. The Bertz CT molecular complexity index is 1130. The van der Waals surface area contributed by atoms with Crippen molar-refractivity contribution in [1.29, 1.82) is 0 Å². The quantitative estimate of drug-likeness (QED) is 0.320. The number of methoxy groups -OCH3 is 1. The SMILES string of the molecule is COc1cc(COC(=O)c2nc3nc(C)cc(C)n3n2)c([N+](=O)[O-])cc1OC(F)F. The summed E-state index contributed by atoms with van der Waals surface area (Å²) < 4.78 is 40.6. The van der Waals surface area contributed by atoms with Crippen LogP contribution in [0, 0.1) is 24.0 Å². The van der Waals surface area contributed by atoms with E-state index >= 15 is 0 Å². The normalized spacial score (nSPS) is 11.0. The second-order valence-electron chi connectivity index (χ2n) is 6.03. The molecule has 0 radical (unpaired) electrons. The Hall–Kier alpha value is -3.90. The number of fused-ring (bicyclic) bond motifs is 1. The highest BCUT2D eigenvalue weighted by molar-refractivity contribution is 5.85. The lowest BCUT2D eigenvalue weighted by atomic mass is 10.1. The number of aromatic nitrogens is 4. The minimum atomic E-state index is -3.20. The average molecular weight is 423 g/mol. The number of nitro groups is 1. The summed E-state index contributed by atoms with van der Waals surface area (Å²) in [6, 6.07) is 3.60. The Morgan fingerprint density at radius 2 is 1.97 bits per heavy atom. The van der Waals surface area contributed by atoms with E-state index in [0.29, 0.717) is 11.4 Å². The summed E-state index contributed by atoms with van der Waals surface area (Å²) in [4.78, 5) is 30.9. The number of hydrogen-bond acceptors (Lipinski definition) is 9. The van der Waals surface area contributed by atoms with Crippen LogP contribution in [0.4, 0.5) is 14.5 Å². The van der Waals surface area contributed by atoms with Crippen molar-refractivity contribution in [1.82, 2.24) is 19.6 Å². The number of aryl methyl sites for hydroxylation is 2. The van der Waals surface area contributed by atoms with Gasteiger partial charge in [0.05, 0.1) is 23.7 Å². The maximum atomic E-state index is 12.5. The molecule has 0 amide bonds. The van der Waals surface area contributed by atoms with Gasteiger partial charge in [0.15, 0.2) is 11.5 Å². The van der Waals surface area contributed by atoms with Crippen molar-refractivity contribution in [2.75, 3.05) is 7.11 Å². The van der Waals surface area contributed by atoms with E-state index < -0.39 is 35.5 Å². The largest absolute Gasteiger partial charge is 0.493 e. The molecule has 0 aliphatic rings. The summed E-state index contributed by atoms with van der Waals surface area (Å²) in [7, 11) is 1.17. The van der Waals surface area contributed by atoms with E-state index in [9.17, 15) is 23.7 Å². The van der Waals surface area contributed by atoms with Crippen LogP contribution in [0.3, 0.4) is 0 Å². The van der Waals surface area contributed by atoms with Crippen LogP contribution in [-0.4, -0.2) is 44.2 Å². The number of alkyl halides is 2. The van der Waals surface area contributed by atoms with Crippen LogP contribution in [-0.2, 0) is 11.3 Å². The van der Waals surface area contributed by atoms with Gasteiger partial charge in [-0.3, -0.25) is 10.1 Å². The van der Waals surface area contributed by atoms with E-state index in [1.807, 2.05) is 0 Å². The van der Waals surface area contributed by atoms with E-state index in [4.69, 9.17) is 9.47 Å². The third-order valence-electron chi connectivity index (χ3n) is 3.94. The van der Waals surface area contributed by atoms with Gasteiger partial charge in [-0.1, -0.05) is 0 Å². The predicted molar refractivity (Wildman–Crippen MR) is 95.7 cm³/mol. The molecule has 3 aromatic rings. The number of carbonyl (C=O) groups excluding carboxylic acids is 1. The smallest absolute Gasteiger partial charge is 0.387 e. The fraction of sp³-hybridized carbons (Fsp3) is 0.294. The second kappa shape index (κ2) is 8.23. The number of esters is 1. The lowest BCUT2D eigenvalue weighted by molar-refractivity contribution is -0.386. The van der Waals surface area contributed by atoms with Crippen LogP contribution >= 0.6 is 0 Å². The topological polar surface area (TPSA) is 131 Å². The summed E-state index contributed by atoms with van der Waals surface area (Å²) in [6.07, 6.45) is 0. The first-order valence-electron chi connectivity index (χ1n) is 8.38. The zero-order valence-corrected chi connectivity index (χ0v) is 16.0. The molecule has 0 spiro atoms. The Labute approximate surface area is 167 Å². The molecule has 158 valence electrons. The number of nitrogens with zero attached hydrogens (tertiary/aromatic N) is 5. The summed E-state index contributed by atoms with van der Waals surface area (Å²) in [5.74, 6) is -1.75. The van der Waals surface area contributed by atoms with Gasteiger partial charge in [0.1, 0.15) is 6.61 Å². The Balaban J connectivity index is 1.86. The van der Waals surface area contributed by atoms with Gasteiger partial charge >= 0.3 is 12.6 Å². The Kier molecular flexibility index (Phi) is 5.71. The highest BCUT2D eigenvalue weighted by atomic mass is 19.3. The third kappa shape index (κ3) is 4.24. The molecule has 0 fully saturated rings. The first-order chi connectivity index (χ1) is 14.2. The van der Waals surface area contributed by atoms with Crippen molar-refractivity contribution in [2.24, 2.45) is 0 Å². The number of hydrogen-bond donors (Lipinski definition) is 0. The van der Waals surface area contributed by atoms with E-state index in [2.05, 4.69) is 19.8 Å². The lowest BCUT2D eigenvalue weighted by Gasteiger charge is -2.12. The highest BCUT2D eigenvalue weighted by Crippen LogP contribution is 2.36. The molecule has 0 aliphatic heterocycles. The van der Waals surface area contributed by atoms with Crippen LogP contribution in [0.2, 0.25) is 0 Å². The van der Waals surface area contributed by atoms with Gasteiger partial charge < -0.3 is 14.2 Å². The van der Waals surface area contributed by atoms with Gasteiger partial charge in [0.25, 0.3) is 17.3 Å². The van der Waals surface area contributed by atoms with Crippen LogP contribution in [0.1, 0.15) is 27.6 Å². The van der Waals surface area contributed by atoms with Gasteiger partial charge in [-0.25, -0.2) is 14.3 Å². The van der Waals surface area contributed by atoms with E-state index in [1.165, 1.54) is 11.6 Å². The zero-order valence-electron chi connectivity index (χ0n) is 16.0. The molecular formula is C17H15F2N5O6. The average Bonchev–Trinajstić information content (AvgIpc) is 3.10. The molecule has 11 nitrogen and oxygen atoms in total. The molecule has 3 rings (SSSR count). The summed E-state index contributed by atoms with van der Waals surface area (Å²) in [6.45, 7) is -0.247. The molecule has 0 bridgehead atoms. The Morgan fingerprint density at radius 3 is 2.60 bits per heavy atom. The lowest BCUT2D eigenvalue weighted by Crippen LogP contribution is -2.10. The van der Waals surface area contributed by atoms with Crippen LogP contribution in [0.15, 0.2) is 18.2 Å². The Morgan fingerprint density at radius 1 is 1.23 bits per heavy atom. The predicted octanol–water partition coefficient (Wildman–Crippen LogP) is 2.62. The van der Waals surface area contributed by atoms with Crippen molar-refractivity contribution in [3.63, 3.8) is 0 Å². The van der Waals surface area contributed by atoms with Crippen molar-refractivity contribution in [3.8, 4) is 11.5 Å². The number of halogens is 2. The standard InChI is InChI=1S/C17H15F2N5O6/c1-8-4-9(2)23-17(20-8)21-14(22-23)15(25)29-7-10-5-12(28-3)13(30-16(18)19)6-11(10)24(26)27/h4-6,16H,7H2,1-3H3. The molecule has 2 aromatic heterocycles. The van der Waals surface area contributed by atoms with Gasteiger partial charge in [-0.15, -0.1) is 5.10 Å². The summed E-state index contributed by atoms with van der Waals surface area (Å²) in [5, 5.41) is 15.3. The van der Waals surface area contributed by atoms with E-state index in [1.54, 1.807) is 19.9 Å². The van der Waals surface area contributed by atoms with Crippen molar-refractivity contribution < 1.29 is 32.7 Å². The summed E-state index contributed by atoms with van der Waals surface area (Å²) in [5.41, 5.74) is 0.691. The molecule has 1 aromatic carbocycles. The molecule has 30 heavy (non-hydrogen) atoms. The minimum Gasteiger partial charge on any atom is -0.493 e. The molecule has 2 heterocycles.